The number of nitrogens with zero attached hydrogens (tertiary/aromatic N) is 1. The second kappa shape index (κ2) is 7.77. The number of carbonyl (C=O) groups is 2. The molecule has 24 heavy (non-hydrogen) atoms. The summed E-state index contributed by atoms with van der Waals surface area (Å²) in [5, 5.41) is 2.71. The topological polar surface area (TPSA) is 84.7 Å². The van der Waals surface area contributed by atoms with E-state index in [0.29, 0.717) is 19.8 Å². The fourth-order valence-electron chi connectivity index (χ4n) is 3.46. The standard InChI is InChI=1S/C18H25N3O3/c19-17(14-7-10-24-11-8-14)18(23)20-12-16(22)21-9-3-5-13-4-1-2-6-15(13)21/h1-2,4,6,14,17H,3,5,7-12,19H2,(H,20,23). The number of rotatable bonds is 4. The van der Waals surface area contributed by atoms with Gasteiger partial charge in [-0.05, 0) is 43.2 Å². The third kappa shape index (κ3) is 3.76. The Kier molecular flexibility index (Phi) is 5.48. The number of benzene rings is 1. The van der Waals surface area contributed by atoms with E-state index in [1.165, 1.54) is 5.56 Å². The van der Waals surface area contributed by atoms with Gasteiger partial charge < -0.3 is 20.7 Å². The van der Waals surface area contributed by atoms with Crippen LogP contribution in [-0.2, 0) is 20.7 Å². The maximum Gasteiger partial charge on any atom is 0.246 e. The van der Waals surface area contributed by atoms with Crippen LogP contribution in [0.3, 0.4) is 0 Å². The molecule has 6 nitrogen and oxygen atoms in total. The molecule has 2 heterocycles. The highest BCUT2D eigenvalue weighted by atomic mass is 16.5. The van der Waals surface area contributed by atoms with E-state index in [4.69, 9.17) is 10.5 Å². The third-order valence-corrected chi connectivity index (χ3v) is 4.90. The fourth-order valence-corrected chi connectivity index (χ4v) is 3.46. The molecular weight excluding hydrogens is 306 g/mol. The van der Waals surface area contributed by atoms with Gasteiger partial charge in [0.15, 0.2) is 0 Å². The molecule has 6 heteroatoms. The van der Waals surface area contributed by atoms with Gasteiger partial charge in [0.25, 0.3) is 0 Å². The molecule has 3 N–H and O–H groups in total. The zero-order valence-electron chi connectivity index (χ0n) is 13.9. The van der Waals surface area contributed by atoms with E-state index < -0.39 is 6.04 Å². The number of hydrogen-bond donors (Lipinski definition) is 2. The largest absolute Gasteiger partial charge is 0.381 e. The van der Waals surface area contributed by atoms with Crippen molar-refractivity contribution in [3.63, 3.8) is 0 Å². The zero-order chi connectivity index (χ0) is 16.9. The summed E-state index contributed by atoms with van der Waals surface area (Å²) in [6.45, 7) is 1.98. The molecule has 1 fully saturated rings. The van der Waals surface area contributed by atoms with Gasteiger partial charge in [-0.3, -0.25) is 9.59 Å². The number of hydrogen-bond acceptors (Lipinski definition) is 4. The lowest BCUT2D eigenvalue weighted by atomic mass is 9.92. The number of carbonyl (C=O) groups excluding carboxylic acids is 2. The smallest absolute Gasteiger partial charge is 0.246 e. The first-order chi connectivity index (χ1) is 11.7. The molecule has 1 aromatic carbocycles. The molecule has 1 atom stereocenters. The predicted molar refractivity (Wildman–Crippen MR) is 91.6 cm³/mol. The van der Waals surface area contributed by atoms with Crippen molar-refractivity contribution in [1.29, 1.82) is 0 Å². The van der Waals surface area contributed by atoms with Crippen molar-refractivity contribution in [1.82, 2.24) is 5.32 Å². The van der Waals surface area contributed by atoms with Crippen LogP contribution in [-0.4, -0.2) is 44.2 Å². The molecule has 130 valence electrons. The van der Waals surface area contributed by atoms with Gasteiger partial charge in [0.1, 0.15) is 0 Å². The van der Waals surface area contributed by atoms with Gasteiger partial charge in [-0.15, -0.1) is 0 Å². The third-order valence-electron chi connectivity index (χ3n) is 4.90. The van der Waals surface area contributed by atoms with E-state index in [0.717, 1.165) is 31.4 Å². The molecule has 1 aromatic rings. The molecule has 0 bridgehead atoms. The highest BCUT2D eigenvalue weighted by Crippen LogP contribution is 2.26. The van der Waals surface area contributed by atoms with Crippen LogP contribution in [0.15, 0.2) is 24.3 Å². The number of fused-ring (bicyclic) bond motifs is 1. The van der Waals surface area contributed by atoms with Gasteiger partial charge in [0.05, 0.1) is 12.6 Å². The molecular formula is C18H25N3O3. The summed E-state index contributed by atoms with van der Waals surface area (Å²) < 4.78 is 5.29. The quantitative estimate of drug-likeness (QED) is 0.856. The van der Waals surface area contributed by atoms with Crippen LogP contribution in [0.4, 0.5) is 5.69 Å². The highest BCUT2D eigenvalue weighted by molar-refractivity contribution is 5.98. The van der Waals surface area contributed by atoms with Crippen LogP contribution in [0.5, 0.6) is 0 Å². The fraction of sp³-hybridized carbons (Fsp3) is 0.556. The lowest BCUT2D eigenvalue weighted by molar-refractivity contribution is -0.127. The van der Waals surface area contributed by atoms with Gasteiger partial charge in [-0.1, -0.05) is 18.2 Å². The summed E-state index contributed by atoms with van der Waals surface area (Å²) >= 11 is 0. The van der Waals surface area contributed by atoms with Crippen LogP contribution in [0, 0.1) is 5.92 Å². The summed E-state index contributed by atoms with van der Waals surface area (Å²) in [7, 11) is 0. The number of aryl methyl sites for hydroxylation is 1. The Bertz CT molecular complexity index is 599. The molecule has 2 amide bonds. The SMILES string of the molecule is NC(C(=O)NCC(=O)N1CCCc2ccccc21)C1CCOCC1. The molecule has 0 aromatic heterocycles. The monoisotopic (exact) mass is 331 g/mol. The highest BCUT2D eigenvalue weighted by Gasteiger charge is 2.28. The molecule has 0 aliphatic carbocycles. The minimum Gasteiger partial charge on any atom is -0.381 e. The van der Waals surface area contributed by atoms with Gasteiger partial charge in [0, 0.05) is 25.4 Å². The van der Waals surface area contributed by atoms with Crippen molar-refractivity contribution < 1.29 is 14.3 Å². The van der Waals surface area contributed by atoms with E-state index in [2.05, 4.69) is 11.4 Å². The first-order valence-electron chi connectivity index (χ1n) is 8.66. The summed E-state index contributed by atoms with van der Waals surface area (Å²) in [5.74, 6) is -0.209. The summed E-state index contributed by atoms with van der Waals surface area (Å²) in [6.07, 6.45) is 3.52. The molecule has 2 aliphatic heterocycles. The number of amides is 2. The average molecular weight is 331 g/mol. The van der Waals surface area contributed by atoms with Crippen LogP contribution in [0.25, 0.3) is 0 Å². The second-order valence-corrected chi connectivity index (χ2v) is 6.47. The van der Waals surface area contributed by atoms with E-state index in [-0.39, 0.29) is 24.3 Å². The van der Waals surface area contributed by atoms with E-state index >= 15 is 0 Å². The van der Waals surface area contributed by atoms with Crippen LogP contribution in [0.1, 0.15) is 24.8 Å². The van der Waals surface area contributed by atoms with Gasteiger partial charge in [-0.2, -0.15) is 0 Å². The van der Waals surface area contributed by atoms with E-state index in [1.807, 2.05) is 18.2 Å². The maximum atomic E-state index is 12.5. The summed E-state index contributed by atoms with van der Waals surface area (Å²) in [4.78, 5) is 26.5. The number of nitrogens with one attached hydrogen (secondary N) is 1. The zero-order valence-corrected chi connectivity index (χ0v) is 13.9. The van der Waals surface area contributed by atoms with Crippen molar-refractivity contribution in [2.24, 2.45) is 11.7 Å². The molecule has 0 radical (unpaired) electrons. The first-order valence-corrected chi connectivity index (χ1v) is 8.66. The summed E-state index contributed by atoms with van der Waals surface area (Å²) in [6, 6.07) is 7.36. The number of nitrogens with two attached hydrogens (primary N) is 1. The summed E-state index contributed by atoms with van der Waals surface area (Å²) in [5.41, 5.74) is 8.18. The number of para-hydroxylation sites is 1. The van der Waals surface area contributed by atoms with Gasteiger partial charge in [-0.25, -0.2) is 0 Å². The Balaban J connectivity index is 1.55. The van der Waals surface area contributed by atoms with Crippen LogP contribution < -0.4 is 16.0 Å². The van der Waals surface area contributed by atoms with Crippen LogP contribution in [0.2, 0.25) is 0 Å². The molecule has 3 rings (SSSR count). The number of ether oxygens (including phenoxy) is 1. The van der Waals surface area contributed by atoms with Crippen molar-refractivity contribution in [3.05, 3.63) is 29.8 Å². The Labute approximate surface area is 142 Å². The maximum absolute atomic E-state index is 12.5. The normalized spacial score (nSPS) is 19.5. The van der Waals surface area contributed by atoms with Crippen molar-refractivity contribution in [2.45, 2.75) is 31.7 Å². The van der Waals surface area contributed by atoms with Crippen molar-refractivity contribution in [2.75, 3.05) is 31.2 Å². The second-order valence-electron chi connectivity index (χ2n) is 6.47. The molecule has 2 aliphatic rings. The molecule has 1 saturated heterocycles. The molecule has 1 unspecified atom stereocenters. The lowest BCUT2D eigenvalue weighted by Crippen LogP contribution is -2.50. The van der Waals surface area contributed by atoms with Gasteiger partial charge in [0.2, 0.25) is 11.8 Å². The Morgan fingerprint density at radius 1 is 1.29 bits per heavy atom. The predicted octanol–water partition coefficient (Wildman–Crippen LogP) is 0.836. The van der Waals surface area contributed by atoms with Crippen molar-refractivity contribution in [3.8, 4) is 0 Å². The van der Waals surface area contributed by atoms with Gasteiger partial charge >= 0.3 is 0 Å². The minimum absolute atomic E-state index is 0.00983. The average Bonchev–Trinajstić information content (AvgIpc) is 2.65. The lowest BCUT2D eigenvalue weighted by Gasteiger charge is -2.30. The van der Waals surface area contributed by atoms with E-state index in [9.17, 15) is 9.59 Å². The van der Waals surface area contributed by atoms with Crippen LogP contribution >= 0.6 is 0 Å². The molecule has 0 spiro atoms. The molecule has 0 saturated carbocycles. The Morgan fingerprint density at radius 2 is 2.04 bits per heavy atom. The van der Waals surface area contributed by atoms with E-state index in [1.54, 1.807) is 4.90 Å². The number of anilines is 1. The Morgan fingerprint density at radius 3 is 2.83 bits per heavy atom. The van der Waals surface area contributed by atoms with Crippen molar-refractivity contribution >= 4 is 17.5 Å². The Hall–Kier alpha value is -1.92. The minimum atomic E-state index is -0.574. The first kappa shape index (κ1) is 16.9.